The van der Waals surface area contributed by atoms with E-state index in [-0.39, 0.29) is 5.91 Å². The Labute approximate surface area is 142 Å². The van der Waals surface area contributed by atoms with Crippen molar-refractivity contribution in [2.75, 3.05) is 12.4 Å². The Morgan fingerprint density at radius 2 is 1.79 bits per heavy atom. The number of ether oxygens (including phenoxy) is 2. The van der Waals surface area contributed by atoms with Crippen LogP contribution in [-0.4, -0.2) is 19.1 Å². The monoisotopic (exact) mass is 325 g/mol. The lowest BCUT2D eigenvalue weighted by atomic mass is 9.91. The number of hydrogen-bond donors (Lipinski definition) is 1. The summed E-state index contributed by atoms with van der Waals surface area (Å²) in [4.78, 5) is 12.5. The second kappa shape index (κ2) is 7.39. The average Bonchev–Trinajstić information content (AvgIpc) is 2.62. The quantitative estimate of drug-likeness (QED) is 0.904. The first-order valence-electron chi connectivity index (χ1n) is 8.40. The zero-order valence-electron chi connectivity index (χ0n) is 14.2. The van der Waals surface area contributed by atoms with E-state index in [0.29, 0.717) is 11.4 Å². The lowest BCUT2D eigenvalue weighted by Gasteiger charge is -2.22. The molecule has 0 spiro atoms. The maximum absolute atomic E-state index is 12.5. The predicted molar refractivity (Wildman–Crippen MR) is 94.8 cm³/mol. The molecule has 2 aromatic rings. The van der Waals surface area contributed by atoms with Crippen LogP contribution in [0, 0.1) is 0 Å². The molecule has 24 heavy (non-hydrogen) atoms. The first kappa shape index (κ1) is 16.4. The second-order valence-electron chi connectivity index (χ2n) is 6.05. The number of rotatable bonds is 5. The van der Waals surface area contributed by atoms with Crippen molar-refractivity contribution in [3.8, 4) is 11.5 Å². The lowest BCUT2D eigenvalue weighted by molar-refractivity contribution is -0.122. The summed E-state index contributed by atoms with van der Waals surface area (Å²) in [6, 6.07) is 13.5. The number of hydrogen-bond acceptors (Lipinski definition) is 3. The van der Waals surface area contributed by atoms with Crippen LogP contribution in [0.15, 0.2) is 42.5 Å². The van der Waals surface area contributed by atoms with Crippen LogP contribution in [0.25, 0.3) is 0 Å². The molecule has 1 N–H and O–H groups in total. The van der Waals surface area contributed by atoms with Crippen LogP contribution < -0.4 is 14.8 Å². The number of carbonyl (C=O) groups excluding carboxylic acids is 1. The molecule has 1 atom stereocenters. The van der Waals surface area contributed by atoms with Gasteiger partial charge in [0.25, 0.3) is 5.91 Å². The highest BCUT2D eigenvalue weighted by Gasteiger charge is 2.20. The summed E-state index contributed by atoms with van der Waals surface area (Å²) in [5, 5.41) is 2.87. The van der Waals surface area contributed by atoms with E-state index in [9.17, 15) is 4.79 Å². The first-order chi connectivity index (χ1) is 11.7. The van der Waals surface area contributed by atoms with Gasteiger partial charge in [-0.3, -0.25) is 4.79 Å². The van der Waals surface area contributed by atoms with Gasteiger partial charge in [0.1, 0.15) is 11.5 Å². The van der Waals surface area contributed by atoms with E-state index < -0.39 is 6.10 Å². The molecule has 0 radical (unpaired) electrons. The van der Waals surface area contributed by atoms with Crippen molar-refractivity contribution in [1.82, 2.24) is 0 Å². The number of carbonyl (C=O) groups is 1. The largest absolute Gasteiger partial charge is 0.495 e. The van der Waals surface area contributed by atoms with E-state index in [2.05, 4.69) is 11.4 Å². The average molecular weight is 325 g/mol. The molecule has 1 amide bonds. The van der Waals surface area contributed by atoms with E-state index in [1.165, 1.54) is 24.0 Å². The summed E-state index contributed by atoms with van der Waals surface area (Å²) in [6.45, 7) is 1.77. The first-order valence-corrected chi connectivity index (χ1v) is 8.40. The second-order valence-corrected chi connectivity index (χ2v) is 6.05. The molecule has 4 nitrogen and oxygen atoms in total. The van der Waals surface area contributed by atoms with Crippen LogP contribution in [0.4, 0.5) is 5.69 Å². The molecular weight excluding hydrogens is 302 g/mol. The van der Waals surface area contributed by atoms with Crippen molar-refractivity contribution in [2.24, 2.45) is 0 Å². The number of nitrogens with one attached hydrogen (secondary N) is 1. The summed E-state index contributed by atoms with van der Waals surface area (Å²) >= 11 is 0. The van der Waals surface area contributed by atoms with Crippen LogP contribution >= 0.6 is 0 Å². The zero-order valence-corrected chi connectivity index (χ0v) is 14.2. The third kappa shape index (κ3) is 3.53. The predicted octanol–water partition coefficient (Wildman–Crippen LogP) is 3.98. The molecule has 1 aliphatic rings. The Hall–Kier alpha value is -2.49. The Morgan fingerprint density at radius 1 is 1.04 bits per heavy atom. The van der Waals surface area contributed by atoms with Crippen molar-refractivity contribution in [1.29, 1.82) is 0 Å². The van der Waals surface area contributed by atoms with Gasteiger partial charge in [0.15, 0.2) is 6.10 Å². The third-order valence-corrected chi connectivity index (χ3v) is 4.39. The minimum atomic E-state index is -0.580. The Bertz CT molecular complexity index is 727. The van der Waals surface area contributed by atoms with Crippen LogP contribution in [-0.2, 0) is 17.6 Å². The molecule has 0 aromatic heterocycles. The van der Waals surface area contributed by atoms with Crippen LogP contribution in [0.1, 0.15) is 30.9 Å². The standard InChI is InChI=1S/C20H23NO3/c1-14(20(22)21-17-11-5-6-12-19(17)23-2)24-18-13-7-9-15-8-3-4-10-16(15)18/h5-7,9,11-14H,3-4,8,10H2,1-2H3,(H,21,22)/t14-/m1/s1. The Morgan fingerprint density at radius 3 is 2.62 bits per heavy atom. The molecule has 0 unspecified atom stereocenters. The van der Waals surface area contributed by atoms with E-state index >= 15 is 0 Å². The summed E-state index contributed by atoms with van der Waals surface area (Å²) < 4.78 is 11.2. The van der Waals surface area contributed by atoms with Crippen molar-refractivity contribution >= 4 is 11.6 Å². The number of benzene rings is 2. The number of methoxy groups -OCH3 is 1. The molecule has 0 heterocycles. The summed E-state index contributed by atoms with van der Waals surface area (Å²) in [5.74, 6) is 1.28. The summed E-state index contributed by atoms with van der Waals surface area (Å²) in [5.41, 5.74) is 3.24. The van der Waals surface area contributed by atoms with Crippen molar-refractivity contribution < 1.29 is 14.3 Å². The molecule has 0 saturated heterocycles. The number of fused-ring (bicyclic) bond motifs is 1. The molecule has 4 heteroatoms. The maximum Gasteiger partial charge on any atom is 0.265 e. The highest BCUT2D eigenvalue weighted by atomic mass is 16.5. The molecule has 2 aromatic carbocycles. The van der Waals surface area contributed by atoms with Gasteiger partial charge in [-0.05, 0) is 61.9 Å². The fourth-order valence-electron chi connectivity index (χ4n) is 3.08. The molecular formula is C20H23NO3. The molecule has 126 valence electrons. The van der Waals surface area contributed by atoms with Gasteiger partial charge in [-0.2, -0.15) is 0 Å². The minimum absolute atomic E-state index is 0.187. The van der Waals surface area contributed by atoms with E-state index in [1.807, 2.05) is 36.4 Å². The summed E-state index contributed by atoms with van der Waals surface area (Å²) in [6.07, 6.45) is 3.93. The van der Waals surface area contributed by atoms with Crippen molar-refractivity contribution in [3.05, 3.63) is 53.6 Å². The molecule has 3 rings (SSSR count). The third-order valence-electron chi connectivity index (χ3n) is 4.39. The minimum Gasteiger partial charge on any atom is -0.495 e. The van der Waals surface area contributed by atoms with E-state index in [1.54, 1.807) is 14.0 Å². The number of aryl methyl sites for hydroxylation is 1. The molecule has 0 bridgehead atoms. The van der Waals surface area contributed by atoms with Gasteiger partial charge in [0.2, 0.25) is 0 Å². The van der Waals surface area contributed by atoms with Gasteiger partial charge in [-0.25, -0.2) is 0 Å². The van der Waals surface area contributed by atoms with Gasteiger partial charge < -0.3 is 14.8 Å². The number of para-hydroxylation sites is 2. The SMILES string of the molecule is COc1ccccc1NC(=O)[C@@H](C)Oc1cccc2c1CCCC2. The zero-order chi connectivity index (χ0) is 16.9. The maximum atomic E-state index is 12.5. The fraction of sp³-hybridized carbons (Fsp3) is 0.350. The van der Waals surface area contributed by atoms with Crippen molar-refractivity contribution in [3.63, 3.8) is 0 Å². The topological polar surface area (TPSA) is 47.6 Å². The molecule has 0 fully saturated rings. The highest BCUT2D eigenvalue weighted by molar-refractivity contribution is 5.95. The Balaban J connectivity index is 1.71. The fourth-order valence-corrected chi connectivity index (χ4v) is 3.08. The van der Waals surface area contributed by atoms with Gasteiger partial charge in [-0.1, -0.05) is 24.3 Å². The van der Waals surface area contributed by atoms with Crippen LogP contribution in [0.3, 0.4) is 0 Å². The lowest BCUT2D eigenvalue weighted by Crippen LogP contribution is -2.30. The van der Waals surface area contributed by atoms with Gasteiger partial charge in [0.05, 0.1) is 12.8 Å². The van der Waals surface area contributed by atoms with Gasteiger partial charge >= 0.3 is 0 Å². The molecule has 0 aliphatic heterocycles. The number of amides is 1. The highest BCUT2D eigenvalue weighted by Crippen LogP contribution is 2.30. The van der Waals surface area contributed by atoms with Crippen LogP contribution in [0.2, 0.25) is 0 Å². The van der Waals surface area contributed by atoms with Gasteiger partial charge in [0, 0.05) is 0 Å². The smallest absolute Gasteiger partial charge is 0.265 e. The normalized spacial score (nSPS) is 14.4. The van der Waals surface area contributed by atoms with E-state index in [0.717, 1.165) is 18.6 Å². The summed E-state index contributed by atoms with van der Waals surface area (Å²) in [7, 11) is 1.58. The number of anilines is 1. The van der Waals surface area contributed by atoms with E-state index in [4.69, 9.17) is 9.47 Å². The Kier molecular flexibility index (Phi) is 5.04. The molecule has 1 aliphatic carbocycles. The van der Waals surface area contributed by atoms with Crippen LogP contribution in [0.5, 0.6) is 11.5 Å². The molecule has 0 saturated carbocycles. The van der Waals surface area contributed by atoms with Crippen molar-refractivity contribution in [2.45, 2.75) is 38.7 Å². The van der Waals surface area contributed by atoms with Gasteiger partial charge in [-0.15, -0.1) is 0 Å².